The molecule has 112 valence electrons. The first kappa shape index (κ1) is 16.2. The van der Waals surface area contributed by atoms with E-state index < -0.39 is 0 Å². The van der Waals surface area contributed by atoms with Gasteiger partial charge in [0.2, 0.25) is 0 Å². The molecule has 0 amide bonds. The number of benzene rings is 1. The minimum absolute atomic E-state index is 0.224. The first-order valence-electron chi connectivity index (χ1n) is 6.75. The molecule has 0 spiro atoms. The van der Waals surface area contributed by atoms with E-state index >= 15 is 0 Å². The monoisotopic (exact) mass is 369 g/mol. The van der Waals surface area contributed by atoms with Crippen LogP contribution in [0.3, 0.4) is 0 Å². The fraction of sp³-hybridized carbons (Fsp3) is 0.333. The Morgan fingerprint density at radius 3 is 2.86 bits per heavy atom. The minimum atomic E-state index is -0.224. The molecular formula is C15H17BrFN3S. The Kier molecular flexibility index (Phi) is 5.99. The van der Waals surface area contributed by atoms with Gasteiger partial charge in [0, 0.05) is 11.4 Å². The number of rotatable bonds is 6. The molecule has 3 nitrogen and oxygen atoms in total. The average Bonchev–Trinajstić information content (AvgIpc) is 2.47. The van der Waals surface area contributed by atoms with Crippen LogP contribution < -0.4 is 5.32 Å². The summed E-state index contributed by atoms with van der Waals surface area (Å²) in [6, 6.07) is 6.55. The lowest BCUT2D eigenvalue weighted by atomic mass is 10.4. The topological polar surface area (TPSA) is 37.8 Å². The van der Waals surface area contributed by atoms with Crippen LogP contribution in [0, 0.1) is 12.7 Å². The average molecular weight is 370 g/mol. The van der Waals surface area contributed by atoms with Gasteiger partial charge in [0.25, 0.3) is 0 Å². The number of hydrogen-bond acceptors (Lipinski definition) is 4. The summed E-state index contributed by atoms with van der Waals surface area (Å²) in [7, 11) is 0. The highest BCUT2D eigenvalue weighted by Crippen LogP contribution is 2.26. The molecule has 2 rings (SSSR count). The summed E-state index contributed by atoms with van der Waals surface area (Å²) in [5.41, 5.74) is 0.901. The van der Waals surface area contributed by atoms with E-state index in [9.17, 15) is 4.39 Å². The van der Waals surface area contributed by atoms with Crippen LogP contribution >= 0.6 is 27.7 Å². The summed E-state index contributed by atoms with van der Waals surface area (Å²) in [6.45, 7) is 4.92. The molecule has 0 unspecified atom stereocenters. The van der Waals surface area contributed by atoms with E-state index in [1.54, 1.807) is 6.07 Å². The van der Waals surface area contributed by atoms with Crippen LogP contribution in [-0.2, 0) is 5.75 Å². The SMILES string of the molecule is CCCNc1nc(CSc2cccc(F)c2)nc(C)c1Br. The van der Waals surface area contributed by atoms with E-state index in [1.165, 1.54) is 23.9 Å². The molecule has 0 atom stereocenters. The highest BCUT2D eigenvalue weighted by molar-refractivity contribution is 9.10. The number of nitrogens with zero attached hydrogens (tertiary/aromatic N) is 2. The van der Waals surface area contributed by atoms with Crippen LogP contribution in [0.2, 0.25) is 0 Å². The molecule has 0 saturated heterocycles. The van der Waals surface area contributed by atoms with Crippen molar-refractivity contribution in [2.45, 2.75) is 30.9 Å². The molecule has 1 N–H and O–H groups in total. The van der Waals surface area contributed by atoms with Crippen LogP contribution in [0.1, 0.15) is 24.9 Å². The van der Waals surface area contributed by atoms with Crippen LogP contribution in [0.4, 0.5) is 10.2 Å². The third-order valence-corrected chi connectivity index (χ3v) is 4.71. The number of thioether (sulfide) groups is 1. The molecule has 0 fully saturated rings. The summed E-state index contributed by atoms with van der Waals surface area (Å²) >= 11 is 5.03. The van der Waals surface area contributed by atoms with Crippen molar-refractivity contribution in [3.63, 3.8) is 0 Å². The Hall–Kier alpha value is -1.14. The molecule has 6 heteroatoms. The van der Waals surface area contributed by atoms with E-state index in [-0.39, 0.29) is 5.82 Å². The summed E-state index contributed by atoms with van der Waals surface area (Å²) in [6.07, 6.45) is 1.03. The molecular weight excluding hydrogens is 353 g/mol. The standard InChI is InChI=1S/C15H17BrFN3S/c1-3-7-18-15-14(16)10(2)19-13(20-15)9-21-12-6-4-5-11(17)8-12/h4-6,8H,3,7,9H2,1-2H3,(H,18,19,20). The van der Waals surface area contributed by atoms with Gasteiger partial charge in [-0.2, -0.15) is 0 Å². The van der Waals surface area contributed by atoms with E-state index in [0.29, 0.717) is 5.75 Å². The maximum Gasteiger partial charge on any atom is 0.144 e. The van der Waals surface area contributed by atoms with Crippen molar-refractivity contribution in [2.75, 3.05) is 11.9 Å². The second-order valence-electron chi connectivity index (χ2n) is 4.56. The maximum absolute atomic E-state index is 13.2. The van der Waals surface area contributed by atoms with Crippen molar-refractivity contribution >= 4 is 33.5 Å². The van der Waals surface area contributed by atoms with Gasteiger partial charge in [0.15, 0.2) is 0 Å². The third kappa shape index (κ3) is 4.68. The third-order valence-electron chi connectivity index (χ3n) is 2.77. The molecule has 0 aliphatic rings. The van der Waals surface area contributed by atoms with Crippen molar-refractivity contribution in [3.05, 3.63) is 46.1 Å². The van der Waals surface area contributed by atoms with Crippen molar-refractivity contribution < 1.29 is 4.39 Å². The number of hydrogen-bond donors (Lipinski definition) is 1. The summed E-state index contributed by atoms with van der Waals surface area (Å²) in [5.74, 6) is 1.94. The Morgan fingerprint density at radius 1 is 1.33 bits per heavy atom. The smallest absolute Gasteiger partial charge is 0.144 e. The zero-order valence-corrected chi connectivity index (χ0v) is 14.4. The fourth-order valence-corrected chi connectivity index (χ4v) is 2.86. The first-order valence-corrected chi connectivity index (χ1v) is 8.53. The lowest BCUT2D eigenvalue weighted by Gasteiger charge is -2.10. The number of nitrogens with one attached hydrogen (secondary N) is 1. The van der Waals surface area contributed by atoms with Crippen molar-refractivity contribution in [2.24, 2.45) is 0 Å². The van der Waals surface area contributed by atoms with Crippen molar-refractivity contribution in [3.8, 4) is 0 Å². The van der Waals surface area contributed by atoms with Crippen LogP contribution in [-0.4, -0.2) is 16.5 Å². The highest BCUT2D eigenvalue weighted by Gasteiger charge is 2.09. The van der Waals surface area contributed by atoms with E-state index in [0.717, 1.165) is 39.7 Å². The predicted octanol–water partition coefficient (Wildman–Crippen LogP) is 4.80. The molecule has 0 bridgehead atoms. The fourth-order valence-electron chi connectivity index (χ4n) is 1.75. The molecule has 1 aromatic heterocycles. The molecule has 1 aromatic carbocycles. The molecule has 0 saturated carbocycles. The normalized spacial score (nSPS) is 10.7. The van der Waals surface area contributed by atoms with Gasteiger partial charge in [-0.25, -0.2) is 14.4 Å². The number of anilines is 1. The molecule has 21 heavy (non-hydrogen) atoms. The minimum Gasteiger partial charge on any atom is -0.369 e. The van der Waals surface area contributed by atoms with E-state index in [2.05, 4.69) is 38.1 Å². The second kappa shape index (κ2) is 7.75. The zero-order valence-electron chi connectivity index (χ0n) is 12.0. The molecule has 2 aromatic rings. The van der Waals surface area contributed by atoms with Gasteiger partial charge < -0.3 is 5.32 Å². The van der Waals surface area contributed by atoms with Gasteiger partial charge in [0.1, 0.15) is 17.5 Å². The van der Waals surface area contributed by atoms with E-state index in [4.69, 9.17) is 0 Å². The summed E-state index contributed by atoms with van der Waals surface area (Å²) in [5, 5.41) is 3.28. The van der Waals surface area contributed by atoms with Crippen LogP contribution in [0.5, 0.6) is 0 Å². The van der Waals surface area contributed by atoms with Crippen LogP contribution in [0.15, 0.2) is 33.6 Å². The lowest BCUT2D eigenvalue weighted by molar-refractivity contribution is 0.624. The van der Waals surface area contributed by atoms with Crippen molar-refractivity contribution in [1.29, 1.82) is 0 Å². The molecule has 1 heterocycles. The second-order valence-corrected chi connectivity index (χ2v) is 6.40. The quantitative estimate of drug-likeness (QED) is 0.742. The van der Waals surface area contributed by atoms with Gasteiger partial charge in [0.05, 0.1) is 15.9 Å². The van der Waals surface area contributed by atoms with E-state index in [1.807, 2.05) is 13.0 Å². The lowest BCUT2D eigenvalue weighted by Crippen LogP contribution is -2.07. The molecule has 0 aliphatic carbocycles. The largest absolute Gasteiger partial charge is 0.369 e. The number of halogens is 2. The first-order chi connectivity index (χ1) is 10.1. The number of aromatic nitrogens is 2. The van der Waals surface area contributed by atoms with Crippen LogP contribution in [0.25, 0.3) is 0 Å². The van der Waals surface area contributed by atoms with Gasteiger partial charge >= 0.3 is 0 Å². The van der Waals surface area contributed by atoms with Gasteiger partial charge in [-0.1, -0.05) is 13.0 Å². The Morgan fingerprint density at radius 2 is 2.14 bits per heavy atom. The Bertz CT molecular complexity index is 622. The number of aryl methyl sites for hydroxylation is 1. The molecule has 0 radical (unpaired) electrons. The molecule has 0 aliphatic heterocycles. The highest BCUT2D eigenvalue weighted by atomic mass is 79.9. The maximum atomic E-state index is 13.2. The zero-order chi connectivity index (χ0) is 15.2. The van der Waals surface area contributed by atoms with Gasteiger partial charge in [-0.15, -0.1) is 11.8 Å². The van der Waals surface area contributed by atoms with Gasteiger partial charge in [-0.05, 0) is 47.5 Å². The Balaban J connectivity index is 2.11. The summed E-state index contributed by atoms with van der Waals surface area (Å²) in [4.78, 5) is 9.87. The predicted molar refractivity (Wildman–Crippen MR) is 89.2 cm³/mol. The summed E-state index contributed by atoms with van der Waals surface area (Å²) < 4.78 is 14.1. The van der Waals surface area contributed by atoms with Crippen molar-refractivity contribution in [1.82, 2.24) is 9.97 Å². The van der Waals surface area contributed by atoms with Gasteiger partial charge in [-0.3, -0.25) is 0 Å². The Labute approximate surface area is 136 Å².